The molecule has 0 radical (unpaired) electrons. The summed E-state index contributed by atoms with van der Waals surface area (Å²) in [5, 5.41) is 17.3. The van der Waals surface area contributed by atoms with E-state index in [9.17, 15) is 5.11 Å². The van der Waals surface area contributed by atoms with Gasteiger partial charge in [0, 0.05) is 31.4 Å². The lowest BCUT2D eigenvalue weighted by molar-refractivity contribution is 0.187. The summed E-state index contributed by atoms with van der Waals surface area (Å²) in [5.74, 6) is 1.53. The Kier molecular flexibility index (Phi) is 7.76. The van der Waals surface area contributed by atoms with E-state index in [2.05, 4.69) is 44.8 Å². The average Bonchev–Trinajstić information content (AvgIpc) is 2.78. The minimum atomic E-state index is -0.650. The average molecular weight is 397 g/mol. The summed E-state index contributed by atoms with van der Waals surface area (Å²) >= 11 is 0. The van der Waals surface area contributed by atoms with Gasteiger partial charge in [-0.1, -0.05) is 30.3 Å². The van der Waals surface area contributed by atoms with E-state index in [4.69, 9.17) is 4.74 Å². The van der Waals surface area contributed by atoms with Gasteiger partial charge in [0.05, 0.1) is 19.8 Å². The van der Waals surface area contributed by atoms with E-state index in [1.807, 2.05) is 37.3 Å². The summed E-state index contributed by atoms with van der Waals surface area (Å²) in [4.78, 5) is 7.03. The molecule has 2 unspecified atom stereocenters. The van der Waals surface area contributed by atoms with Crippen LogP contribution in [-0.4, -0.2) is 50.4 Å². The van der Waals surface area contributed by atoms with Crippen LogP contribution in [0.15, 0.2) is 59.6 Å². The molecule has 6 nitrogen and oxygen atoms in total. The van der Waals surface area contributed by atoms with Crippen LogP contribution >= 0.6 is 0 Å². The highest BCUT2D eigenvalue weighted by Crippen LogP contribution is 2.20. The fraction of sp³-hybridized carbons (Fsp3) is 0.435. The number of nitrogens with zero attached hydrogens (tertiary/aromatic N) is 2. The molecule has 0 spiro atoms. The number of aliphatic hydroxyl groups is 1. The Morgan fingerprint density at radius 2 is 1.97 bits per heavy atom. The summed E-state index contributed by atoms with van der Waals surface area (Å²) < 4.78 is 5.17. The molecule has 2 aromatic rings. The van der Waals surface area contributed by atoms with Crippen LogP contribution in [-0.2, 0) is 0 Å². The molecule has 29 heavy (non-hydrogen) atoms. The number of guanidine groups is 1. The van der Waals surface area contributed by atoms with Gasteiger partial charge in [0.1, 0.15) is 5.75 Å². The first kappa shape index (κ1) is 21.0. The molecule has 3 rings (SSSR count). The van der Waals surface area contributed by atoms with Gasteiger partial charge in [-0.2, -0.15) is 0 Å². The Labute approximate surface area is 173 Å². The van der Waals surface area contributed by atoms with Crippen molar-refractivity contribution in [3.63, 3.8) is 0 Å². The van der Waals surface area contributed by atoms with Crippen LogP contribution in [0.4, 0.5) is 5.69 Å². The van der Waals surface area contributed by atoms with E-state index in [1.165, 1.54) is 5.69 Å². The number of piperidine rings is 1. The molecule has 0 amide bonds. The number of hydrogen-bond acceptors (Lipinski definition) is 4. The molecule has 2 aromatic carbocycles. The van der Waals surface area contributed by atoms with Gasteiger partial charge in [-0.3, -0.25) is 4.99 Å². The Morgan fingerprint density at radius 1 is 1.21 bits per heavy atom. The summed E-state index contributed by atoms with van der Waals surface area (Å²) in [7, 11) is 1.63. The molecule has 0 bridgehead atoms. The fourth-order valence-electron chi connectivity index (χ4n) is 3.59. The Morgan fingerprint density at radius 3 is 2.66 bits per heavy atom. The topological polar surface area (TPSA) is 69.1 Å². The van der Waals surface area contributed by atoms with E-state index in [0.29, 0.717) is 12.6 Å². The van der Waals surface area contributed by atoms with Crippen molar-refractivity contribution in [2.45, 2.75) is 31.9 Å². The predicted molar refractivity (Wildman–Crippen MR) is 119 cm³/mol. The molecule has 0 aliphatic carbocycles. The highest BCUT2D eigenvalue weighted by atomic mass is 16.5. The number of rotatable bonds is 7. The van der Waals surface area contributed by atoms with Gasteiger partial charge in [0.2, 0.25) is 0 Å². The second-order valence-corrected chi connectivity index (χ2v) is 7.27. The minimum absolute atomic E-state index is 0.302. The zero-order valence-corrected chi connectivity index (χ0v) is 17.3. The van der Waals surface area contributed by atoms with Crippen LogP contribution < -0.4 is 20.3 Å². The van der Waals surface area contributed by atoms with E-state index in [1.54, 1.807) is 7.11 Å². The van der Waals surface area contributed by atoms with E-state index < -0.39 is 6.10 Å². The second-order valence-electron chi connectivity index (χ2n) is 7.27. The molecule has 0 saturated carbocycles. The quantitative estimate of drug-likeness (QED) is 0.496. The molecular formula is C23H32N4O2. The van der Waals surface area contributed by atoms with Crippen molar-refractivity contribution in [1.82, 2.24) is 10.6 Å². The van der Waals surface area contributed by atoms with Crippen molar-refractivity contribution in [2.24, 2.45) is 4.99 Å². The first-order valence-electron chi connectivity index (χ1n) is 10.4. The SMILES string of the molecule is CCNC(=NCC(O)c1ccc(OC)cc1)NC1CCCN(c2ccccc2)C1. The maximum absolute atomic E-state index is 10.5. The third-order valence-electron chi connectivity index (χ3n) is 5.15. The van der Waals surface area contributed by atoms with Crippen LogP contribution in [0, 0.1) is 0 Å². The molecular weight excluding hydrogens is 364 g/mol. The van der Waals surface area contributed by atoms with Crippen molar-refractivity contribution >= 4 is 11.6 Å². The minimum Gasteiger partial charge on any atom is -0.497 e. The van der Waals surface area contributed by atoms with Gasteiger partial charge in [0.25, 0.3) is 0 Å². The molecule has 1 aliphatic heterocycles. The highest BCUT2D eigenvalue weighted by Gasteiger charge is 2.21. The smallest absolute Gasteiger partial charge is 0.191 e. The van der Waals surface area contributed by atoms with Gasteiger partial charge in [0.15, 0.2) is 5.96 Å². The maximum Gasteiger partial charge on any atom is 0.191 e. The number of aliphatic hydroxyl groups excluding tert-OH is 1. The zero-order chi connectivity index (χ0) is 20.5. The van der Waals surface area contributed by atoms with Gasteiger partial charge < -0.3 is 25.4 Å². The third-order valence-corrected chi connectivity index (χ3v) is 5.15. The molecule has 1 fully saturated rings. The number of hydrogen-bond donors (Lipinski definition) is 3. The monoisotopic (exact) mass is 396 g/mol. The Balaban J connectivity index is 1.59. The van der Waals surface area contributed by atoms with Crippen LogP contribution in [0.3, 0.4) is 0 Å². The number of benzene rings is 2. The summed E-state index contributed by atoms with van der Waals surface area (Å²) in [5.41, 5.74) is 2.09. The number of nitrogens with one attached hydrogen (secondary N) is 2. The highest BCUT2D eigenvalue weighted by molar-refractivity contribution is 5.80. The lowest BCUT2D eigenvalue weighted by Crippen LogP contribution is -2.51. The lowest BCUT2D eigenvalue weighted by atomic mass is 10.0. The molecule has 156 valence electrons. The normalized spacial score (nSPS) is 18.2. The van der Waals surface area contributed by atoms with Gasteiger partial charge in [-0.15, -0.1) is 0 Å². The standard InChI is InChI=1S/C23H32N4O2/c1-3-24-23(25-16-22(28)18-11-13-21(29-2)14-12-18)26-19-8-7-15-27(17-19)20-9-5-4-6-10-20/h4-6,9-14,19,22,28H,3,7-8,15-17H2,1-2H3,(H2,24,25,26). The Hall–Kier alpha value is -2.73. The molecule has 1 saturated heterocycles. The number of anilines is 1. The number of para-hydroxylation sites is 1. The zero-order valence-electron chi connectivity index (χ0n) is 17.3. The first-order chi connectivity index (χ1) is 14.2. The van der Waals surface area contributed by atoms with Crippen molar-refractivity contribution < 1.29 is 9.84 Å². The third kappa shape index (κ3) is 6.12. The molecule has 1 heterocycles. The second kappa shape index (κ2) is 10.7. The van der Waals surface area contributed by atoms with Gasteiger partial charge >= 0.3 is 0 Å². The van der Waals surface area contributed by atoms with E-state index in [-0.39, 0.29) is 0 Å². The van der Waals surface area contributed by atoms with Gasteiger partial charge in [-0.25, -0.2) is 0 Å². The van der Waals surface area contributed by atoms with Crippen molar-refractivity contribution in [2.75, 3.05) is 38.2 Å². The molecule has 3 N–H and O–H groups in total. The molecule has 6 heteroatoms. The van der Waals surface area contributed by atoms with Crippen LogP contribution in [0.2, 0.25) is 0 Å². The van der Waals surface area contributed by atoms with Crippen LogP contribution in [0.1, 0.15) is 31.4 Å². The van der Waals surface area contributed by atoms with E-state index >= 15 is 0 Å². The van der Waals surface area contributed by atoms with E-state index in [0.717, 1.165) is 49.7 Å². The van der Waals surface area contributed by atoms with Crippen molar-refractivity contribution in [3.8, 4) is 5.75 Å². The maximum atomic E-state index is 10.5. The number of ether oxygens (including phenoxy) is 1. The lowest BCUT2D eigenvalue weighted by Gasteiger charge is -2.35. The van der Waals surface area contributed by atoms with Crippen molar-refractivity contribution in [1.29, 1.82) is 0 Å². The predicted octanol–water partition coefficient (Wildman–Crippen LogP) is 2.95. The van der Waals surface area contributed by atoms with Crippen LogP contribution in [0.5, 0.6) is 5.75 Å². The summed E-state index contributed by atoms with van der Waals surface area (Å²) in [6.07, 6.45) is 1.60. The fourth-order valence-corrected chi connectivity index (χ4v) is 3.59. The van der Waals surface area contributed by atoms with Crippen molar-refractivity contribution in [3.05, 3.63) is 60.2 Å². The Bertz CT molecular complexity index is 764. The first-order valence-corrected chi connectivity index (χ1v) is 10.4. The summed E-state index contributed by atoms with van der Waals surface area (Å²) in [6.45, 7) is 5.14. The molecule has 0 aromatic heterocycles. The summed E-state index contributed by atoms with van der Waals surface area (Å²) in [6, 6.07) is 18.3. The molecule has 1 aliphatic rings. The largest absolute Gasteiger partial charge is 0.497 e. The molecule has 2 atom stereocenters. The van der Waals surface area contributed by atoms with Gasteiger partial charge in [-0.05, 0) is 49.6 Å². The number of methoxy groups -OCH3 is 1. The number of aliphatic imine (C=N–C) groups is 1. The van der Waals surface area contributed by atoms with Crippen LogP contribution in [0.25, 0.3) is 0 Å².